The minimum absolute atomic E-state index is 0.116. The number of carbonyl (C=O) groups is 1. The molecule has 3 aromatic rings. The number of nitrogens with zero attached hydrogens (tertiary/aromatic N) is 2. The lowest BCUT2D eigenvalue weighted by Crippen LogP contribution is -2.06. The Morgan fingerprint density at radius 1 is 1.14 bits per heavy atom. The number of pyridine rings is 1. The predicted octanol–water partition coefficient (Wildman–Crippen LogP) is 4.28. The molecule has 5 heteroatoms. The Morgan fingerprint density at radius 2 is 1.95 bits per heavy atom. The second kappa shape index (κ2) is 6.16. The lowest BCUT2D eigenvalue weighted by atomic mass is 10.2. The quantitative estimate of drug-likeness (QED) is 0.675. The normalized spacial score (nSPS) is 10.5. The van der Waals surface area contributed by atoms with Crippen LogP contribution < -0.4 is 0 Å². The minimum Gasteiger partial charge on any atom is -0.292 e. The van der Waals surface area contributed by atoms with Gasteiger partial charge in [0, 0.05) is 17.1 Å². The van der Waals surface area contributed by atoms with E-state index in [1.165, 1.54) is 11.3 Å². The van der Waals surface area contributed by atoms with Crippen molar-refractivity contribution in [3.05, 3.63) is 69.8 Å². The van der Waals surface area contributed by atoms with Crippen molar-refractivity contribution in [1.82, 2.24) is 9.97 Å². The van der Waals surface area contributed by atoms with Crippen LogP contribution in [0.2, 0.25) is 5.02 Å². The zero-order valence-electron chi connectivity index (χ0n) is 11.0. The Balaban J connectivity index is 1.79. The van der Waals surface area contributed by atoms with Crippen LogP contribution in [0.4, 0.5) is 0 Å². The summed E-state index contributed by atoms with van der Waals surface area (Å²) in [6.45, 7) is 0. The summed E-state index contributed by atoms with van der Waals surface area (Å²) in [6.07, 6.45) is 1.78. The zero-order chi connectivity index (χ0) is 14.7. The van der Waals surface area contributed by atoms with Crippen molar-refractivity contribution in [2.45, 2.75) is 6.42 Å². The Hall–Kier alpha value is -2.04. The van der Waals surface area contributed by atoms with Crippen LogP contribution in [0.15, 0.2) is 54.0 Å². The second-order valence-corrected chi connectivity index (χ2v) is 5.78. The summed E-state index contributed by atoms with van der Waals surface area (Å²) in [7, 11) is 0. The monoisotopic (exact) mass is 314 g/mol. The molecule has 0 atom stereocenters. The van der Waals surface area contributed by atoms with Crippen LogP contribution in [0, 0.1) is 0 Å². The molecule has 0 N–H and O–H groups in total. The summed E-state index contributed by atoms with van der Waals surface area (Å²) >= 11 is 7.46. The van der Waals surface area contributed by atoms with Gasteiger partial charge in [0.2, 0.25) is 0 Å². The highest BCUT2D eigenvalue weighted by molar-refractivity contribution is 7.10. The lowest BCUT2D eigenvalue weighted by molar-refractivity contribution is 0.0988. The summed E-state index contributed by atoms with van der Waals surface area (Å²) in [6, 6.07) is 13.3. The van der Waals surface area contributed by atoms with E-state index in [-0.39, 0.29) is 12.2 Å². The van der Waals surface area contributed by atoms with Crippen LogP contribution in [0.25, 0.3) is 11.3 Å². The van der Waals surface area contributed by atoms with Crippen molar-refractivity contribution >= 4 is 28.7 Å². The van der Waals surface area contributed by atoms with Gasteiger partial charge in [-0.3, -0.25) is 9.78 Å². The molecule has 0 amide bonds. The van der Waals surface area contributed by atoms with E-state index in [1.807, 2.05) is 35.7 Å². The molecular formula is C16H11ClN2OS. The van der Waals surface area contributed by atoms with E-state index in [1.54, 1.807) is 18.3 Å². The van der Waals surface area contributed by atoms with Crippen LogP contribution in [0.1, 0.15) is 15.5 Å². The average molecular weight is 315 g/mol. The number of ketones is 1. The van der Waals surface area contributed by atoms with Gasteiger partial charge in [0.15, 0.2) is 5.78 Å². The average Bonchev–Trinajstić information content (AvgIpc) is 2.97. The number of carbonyl (C=O) groups excluding carboxylic acids is 1. The first-order chi connectivity index (χ1) is 10.2. The fraction of sp³-hybridized carbons (Fsp3) is 0.0625. The van der Waals surface area contributed by atoms with Crippen LogP contribution in [0.3, 0.4) is 0 Å². The lowest BCUT2D eigenvalue weighted by Gasteiger charge is -2.00. The van der Waals surface area contributed by atoms with Crippen molar-refractivity contribution in [2.24, 2.45) is 0 Å². The summed E-state index contributed by atoms with van der Waals surface area (Å²) in [4.78, 5) is 20.7. The molecule has 0 saturated heterocycles. The third-order valence-electron chi connectivity index (χ3n) is 2.96. The molecule has 3 rings (SSSR count). The van der Waals surface area contributed by atoms with Gasteiger partial charge in [-0.05, 0) is 12.1 Å². The van der Waals surface area contributed by atoms with Gasteiger partial charge >= 0.3 is 0 Å². The Bertz CT molecular complexity index is 771. The van der Waals surface area contributed by atoms with Gasteiger partial charge in [0.05, 0.1) is 17.1 Å². The molecule has 3 nitrogen and oxygen atoms in total. The number of halogens is 1. The molecule has 0 fully saturated rings. The van der Waals surface area contributed by atoms with Crippen LogP contribution in [-0.4, -0.2) is 15.8 Å². The van der Waals surface area contributed by atoms with E-state index in [0.29, 0.717) is 10.7 Å². The van der Waals surface area contributed by atoms with Crippen molar-refractivity contribution in [1.29, 1.82) is 0 Å². The van der Waals surface area contributed by atoms with Gasteiger partial charge in [0.1, 0.15) is 10.7 Å². The first-order valence-electron chi connectivity index (χ1n) is 6.37. The molecule has 21 heavy (non-hydrogen) atoms. The third-order valence-corrected chi connectivity index (χ3v) is 4.11. The second-order valence-electron chi connectivity index (χ2n) is 4.43. The number of benzene rings is 1. The summed E-state index contributed by atoms with van der Waals surface area (Å²) in [5.41, 5.74) is 2.23. The van der Waals surface area contributed by atoms with Gasteiger partial charge in [-0.25, -0.2) is 4.98 Å². The molecule has 1 aromatic carbocycles. The summed E-state index contributed by atoms with van der Waals surface area (Å²) < 4.78 is 0. The van der Waals surface area contributed by atoms with Crippen LogP contribution >= 0.6 is 22.9 Å². The highest BCUT2D eigenvalue weighted by atomic mass is 35.5. The van der Waals surface area contributed by atoms with E-state index in [0.717, 1.165) is 16.3 Å². The summed E-state index contributed by atoms with van der Waals surface area (Å²) in [5.74, 6) is -0.116. The molecule has 2 aromatic heterocycles. The number of aromatic nitrogens is 2. The highest BCUT2D eigenvalue weighted by Crippen LogP contribution is 2.23. The van der Waals surface area contributed by atoms with Crippen molar-refractivity contribution in [3.8, 4) is 11.3 Å². The van der Waals surface area contributed by atoms with E-state index >= 15 is 0 Å². The number of Topliss-reactive ketones (excluding diaryl/α,β-unsaturated/α-hetero) is 1. The van der Waals surface area contributed by atoms with Gasteiger partial charge in [-0.1, -0.05) is 41.9 Å². The standard InChI is InChI=1S/C16H11ClN2OS/c17-12-7-4-8-18-16(12)14(20)9-15-19-13(10-21-15)11-5-2-1-3-6-11/h1-8,10H,9H2. The number of thiazole rings is 1. The number of hydrogen-bond acceptors (Lipinski definition) is 4. The van der Waals surface area contributed by atoms with Gasteiger partial charge < -0.3 is 0 Å². The maximum Gasteiger partial charge on any atom is 0.189 e. The molecule has 0 aliphatic rings. The number of hydrogen-bond donors (Lipinski definition) is 0. The number of rotatable bonds is 4. The molecule has 0 aliphatic heterocycles. The smallest absolute Gasteiger partial charge is 0.189 e. The molecule has 0 radical (unpaired) electrons. The first kappa shape index (κ1) is 13.9. The molecule has 0 bridgehead atoms. The van der Waals surface area contributed by atoms with Gasteiger partial charge in [-0.15, -0.1) is 11.3 Å². The van der Waals surface area contributed by atoms with Gasteiger partial charge in [-0.2, -0.15) is 0 Å². The van der Waals surface area contributed by atoms with Crippen molar-refractivity contribution < 1.29 is 4.79 Å². The predicted molar refractivity (Wildman–Crippen MR) is 84.8 cm³/mol. The fourth-order valence-electron chi connectivity index (χ4n) is 1.95. The van der Waals surface area contributed by atoms with E-state index in [2.05, 4.69) is 9.97 Å². The van der Waals surface area contributed by atoms with E-state index in [9.17, 15) is 4.79 Å². The van der Waals surface area contributed by atoms with Crippen LogP contribution in [0.5, 0.6) is 0 Å². The maximum absolute atomic E-state index is 12.2. The van der Waals surface area contributed by atoms with Crippen molar-refractivity contribution in [2.75, 3.05) is 0 Å². The molecule has 104 valence electrons. The Kier molecular flexibility index (Phi) is 4.08. The zero-order valence-corrected chi connectivity index (χ0v) is 12.6. The molecule has 0 spiro atoms. The fourth-order valence-corrected chi connectivity index (χ4v) is 2.97. The van der Waals surface area contributed by atoms with Crippen molar-refractivity contribution in [3.63, 3.8) is 0 Å². The molecule has 0 aliphatic carbocycles. The Labute approximate surface area is 131 Å². The largest absolute Gasteiger partial charge is 0.292 e. The SMILES string of the molecule is O=C(Cc1nc(-c2ccccc2)cs1)c1ncccc1Cl. The molecule has 0 saturated carbocycles. The van der Waals surface area contributed by atoms with E-state index < -0.39 is 0 Å². The maximum atomic E-state index is 12.2. The molecule has 0 unspecified atom stereocenters. The minimum atomic E-state index is -0.116. The topological polar surface area (TPSA) is 42.9 Å². The third kappa shape index (κ3) is 3.17. The summed E-state index contributed by atoms with van der Waals surface area (Å²) in [5, 5.41) is 3.10. The Morgan fingerprint density at radius 3 is 2.71 bits per heavy atom. The van der Waals surface area contributed by atoms with Gasteiger partial charge in [0.25, 0.3) is 0 Å². The molecular weight excluding hydrogens is 304 g/mol. The highest BCUT2D eigenvalue weighted by Gasteiger charge is 2.14. The van der Waals surface area contributed by atoms with Crippen LogP contribution in [-0.2, 0) is 6.42 Å². The molecule has 2 heterocycles. The first-order valence-corrected chi connectivity index (χ1v) is 7.63. The van der Waals surface area contributed by atoms with E-state index in [4.69, 9.17) is 11.6 Å².